The van der Waals surface area contributed by atoms with Crippen LogP contribution in [0.15, 0.2) is 54.1 Å². The van der Waals surface area contributed by atoms with Gasteiger partial charge in [0.2, 0.25) is 0 Å². The summed E-state index contributed by atoms with van der Waals surface area (Å²) in [4.78, 5) is 23.4. The molecule has 3 unspecified atom stereocenters. The average Bonchev–Trinajstić information content (AvgIpc) is 3.06. The van der Waals surface area contributed by atoms with Crippen LogP contribution in [0.4, 0.5) is 0 Å². The van der Waals surface area contributed by atoms with Crippen molar-refractivity contribution in [1.29, 1.82) is 0 Å². The molecule has 0 saturated carbocycles. The zero-order valence-corrected chi connectivity index (χ0v) is 16.7. The number of carbonyl (C=O) groups excluding carboxylic acids is 1. The van der Waals surface area contributed by atoms with Crippen molar-refractivity contribution in [3.05, 3.63) is 59.7 Å². The lowest BCUT2D eigenvalue weighted by Gasteiger charge is -2.16. The Bertz CT molecular complexity index is 690. The number of hydrogen-bond donors (Lipinski definition) is 2. The Morgan fingerprint density at radius 1 is 1.18 bits per heavy atom. The first-order valence-electron chi connectivity index (χ1n) is 10.3. The standard InChI is InChI=1S/C24H32O4/c1-18(24(27)28)10-4-2-7-14-20-21(16-17-23(20)26)22(25)15-9-8-13-19-11-5-3-6-12-19/h2-3,5-7,11-12,16,18,20,23,26H,4,8-10,13-15,17H2,1H3,(H,27,28). The third-order valence-electron chi connectivity index (χ3n) is 5.47. The molecule has 1 aliphatic rings. The zero-order valence-electron chi connectivity index (χ0n) is 16.7. The fraction of sp³-hybridized carbons (Fsp3) is 0.500. The number of aliphatic hydroxyl groups excluding tert-OH is 1. The maximum atomic E-state index is 12.6. The highest BCUT2D eigenvalue weighted by molar-refractivity contribution is 5.96. The summed E-state index contributed by atoms with van der Waals surface area (Å²) in [7, 11) is 0. The van der Waals surface area contributed by atoms with E-state index in [1.165, 1.54) is 5.56 Å². The van der Waals surface area contributed by atoms with Gasteiger partial charge in [-0.3, -0.25) is 9.59 Å². The SMILES string of the molecule is CC(CCC=CCC1C(C(=O)CCCCc2ccccc2)=CCC1O)C(=O)O. The van der Waals surface area contributed by atoms with Gasteiger partial charge >= 0.3 is 5.97 Å². The van der Waals surface area contributed by atoms with Crippen LogP contribution in [0.5, 0.6) is 0 Å². The molecule has 152 valence electrons. The quantitative estimate of drug-likeness (QED) is 0.404. The summed E-state index contributed by atoms with van der Waals surface area (Å²) in [6, 6.07) is 10.3. The van der Waals surface area contributed by atoms with E-state index in [0.29, 0.717) is 32.1 Å². The maximum Gasteiger partial charge on any atom is 0.306 e. The average molecular weight is 385 g/mol. The van der Waals surface area contributed by atoms with Crippen LogP contribution in [0, 0.1) is 11.8 Å². The van der Waals surface area contributed by atoms with Crippen LogP contribution >= 0.6 is 0 Å². The topological polar surface area (TPSA) is 74.6 Å². The van der Waals surface area contributed by atoms with E-state index in [9.17, 15) is 14.7 Å². The first-order valence-corrected chi connectivity index (χ1v) is 10.3. The summed E-state index contributed by atoms with van der Waals surface area (Å²) in [5.74, 6) is -1.10. The van der Waals surface area contributed by atoms with E-state index in [-0.39, 0.29) is 17.6 Å². The number of carboxylic acid groups (broad SMARTS) is 1. The van der Waals surface area contributed by atoms with Crippen LogP contribution in [0.3, 0.4) is 0 Å². The highest BCUT2D eigenvalue weighted by Crippen LogP contribution is 2.31. The normalized spacial score (nSPS) is 20.3. The van der Waals surface area contributed by atoms with Crippen LogP contribution in [0.25, 0.3) is 0 Å². The van der Waals surface area contributed by atoms with Gasteiger partial charge in [0.15, 0.2) is 5.78 Å². The summed E-state index contributed by atoms with van der Waals surface area (Å²) >= 11 is 0. The van der Waals surface area contributed by atoms with Crippen LogP contribution in [0.2, 0.25) is 0 Å². The number of Topliss-reactive ketones (excluding diaryl/α,β-unsaturated/α-hetero) is 1. The largest absolute Gasteiger partial charge is 0.481 e. The molecule has 3 atom stereocenters. The Labute approximate surface area is 168 Å². The second kappa shape index (κ2) is 11.6. The van der Waals surface area contributed by atoms with Crippen molar-refractivity contribution in [3.8, 4) is 0 Å². The predicted octanol–water partition coefficient (Wildman–Crippen LogP) is 4.72. The van der Waals surface area contributed by atoms with E-state index < -0.39 is 12.1 Å². The second-order valence-electron chi connectivity index (χ2n) is 7.71. The molecular formula is C24H32O4. The zero-order chi connectivity index (χ0) is 20.4. The van der Waals surface area contributed by atoms with Crippen LogP contribution in [0.1, 0.15) is 57.4 Å². The van der Waals surface area contributed by atoms with Gasteiger partial charge in [-0.2, -0.15) is 0 Å². The Balaban J connectivity index is 1.73. The number of aliphatic hydroxyl groups is 1. The third-order valence-corrected chi connectivity index (χ3v) is 5.47. The molecule has 0 amide bonds. The number of hydrogen-bond acceptors (Lipinski definition) is 3. The van der Waals surface area contributed by atoms with Crippen molar-refractivity contribution >= 4 is 11.8 Å². The minimum Gasteiger partial charge on any atom is -0.481 e. The highest BCUT2D eigenvalue weighted by Gasteiger charge is 2.30. The van der Waals surface area contributed by atoms with Gasteiger partial charge in [0, 0.05) is 12.3 Å². The molecule has 28 heavy (non-hydrogen) atoms. The molecule has 1 aromatic rings. The van der Waals surface area contributed by atoms with Crippen LogP contribution in [-0.2, 0) is 16.0 Å². The lowest BCUT2D eigenvalue weighted by Crippen LogP contribution is -2.19. The van der Waals surface area contributed by atoms with E-state index in [0.717, 1.165) is 24.8 Å². The van der Waals surface area contributed by atoms with E-state index >= 15 is 0 Å². The Kier molecular flexibility index (Phi) is 9.15. The van der Waals surface area contributed by atoms with E-state index in [1.54, 1.807) is 6.92 Å². The Morgan fingerprint density at radius 2 is 1.93 bits per heavy atom. The molecule has 0 fully saturated rings. The van der Waals surface area contributed by atoms with Gasteiger partial charge in [0.1, 0.15) is 0 Å². The van der Waals surface area contributed by atoms with Gasteiger partial charge in [0.25, 0.3) is 0 Å². The minimum absolute atomic E-state index is 0.130. The van der Waals surface area contributed by atoms with Gasteiger partial charge in [-0.15, -0.1) is 0 Å². The number of carbonyl (C=O) groups is 2. The predicted molar refractivity (Wildman–Crippen MR) is 111 cm³/mol. The summed E-state index contributed by atoms with van der Waals surface area (Å²) in [5, 5.41) is 19.1. The smallest absolute Gasteiger partial charge is 0.306 e. The maximum absolute atomic E-state index is 12.6. The third kappa shape index (κ3) is 7.08. The molecule has 0 spiro atoms. The number of aryl methyl sites for hydroxylation is 1. The molecule has 0 radical (unpaired) electrons. The number of ketones is 1. The number of unbranched alkanes of at least 4 members (excludes halogenated alkanes) is 1. The van der Waals surface area contributed by atoms with Gasteiger partial charge < -0.3 is 10.2 Å². The minimum atomic E-state index is -0.775. The first-order chi connectivity index (χ1) is 13.5. The Hall–Kier alpha value is -2.20. The van der Waals surface area contributed by atoms with Crippen molar-refractivity contribution in [1.82, 2.24) is 0 Å². The van der Waals surface area contributed by atoms with Crippen molar-refractivity contribution in [3.63, 3.8) is 0 Å². The first kappa shape index (κ1) is 22.1. The number of carboxylic acids is 1. The lowest BCUT2D eigenvalue weighted by molar-refractivity contribution is -0.141. The van der Waals surface area contributed by atoms with Crippen molar-refractivity contribution in [2.24, 2.45) is 11.8 Å². The molecular weight excluding hydrogens is 352 g/mol. The van der Waals surface area contributed by atoms with Gasteiger partial charge in [-0.25, -0.2) is 0 Å². The van der Waals surface area contributed by atoms with E-state index in [1.807, 2.05) is 36.4 Å². The molecule has 0 heterocycles. The van der Waals surface area contributed by atoms with Crippen molar-refractivity contribution in [2.45, 2.75) is 64.4 Å². The summed E-state index contributed by atoms with van der Waals surface area (Å²) < 4.78 is 0. The van der Waals surface area contributed by atoms with E-state index in [4.69, 9.17) is 5.11 Å². The number of allylic oxidation sites excluding steroid dienone is 2. The number of rotatable bonds is 12. The molecule has 1 aromatic carbocycles. The second-order valence-corrected chi connectivity index (χ2v) is 7.71. The van der Waals surface area contributed by atoms with E-state index in [2.05, 4.69) is 12.1 Å². The molecule has 4 nitrogen and oxygen atoms in total. The van der Waals surface area contributed by atoms with Gasteiger partial charge in [-0.1, -0.05) is 55.5 Å². The fourth-order valence-corrected chi connectivity index (χ4v) is 3.61. The molecule has 2 N–H and O–H groups in total. The monoisotopic (exact) mass is 384 g/mol. The number of benzene rings is 1. The van der Waals surface area contributed by atoms with Crippen molar-refractivity contribution in [2.75, 3.05) is 0 Å². The molecule has 1 aliphatic carbocycles. The molecule has 2 rings (SSSR count). The molecule has 0 bridgehead atoms. The van der Waals surface area contributed by atoms with Crippen molar-refractivity contribution < 1.29 is 19.8 Å². The molecule has 0 aromatic heterocycles. The van der Waals surface area contributed by atoms with Gasteiger partial charge in [0.05, 0.1) is 12.0 Å². The lowest BCUT2D eigenvalue weighted by atomic mass is 9.90. The summed E-state index contributed by atoms with van der Waals surface area (Å²) in [6.45, 7) is 1.70. The number of aliphatic carboxylic acids is 1. The fourth-order valence-electron chi connectivity index (χ4n) is 3.61. The Morgan fingerprint density at radius 3 is 2.64 bits per heavy atom. The molecule has 4 heteroatoms. The van der Waals surface area contributed by atoms with Crippen LogP contribution in [-0.4, -0.2) is 28.1 Å². The molecule has 0 saturated heterocycles. The van der Waals surface area contributed by atoms with Gasteiger partial charge in [-0.05, 0) is 56.1 Å². The highest BCUT2D eigenvalue weighted by atomic mass is 16.4. The summed E-state index contributed by atoms with van der Waals surface area (Å²) in [6.07, 6.45) is 11.2. The molecule has 0 aliphatic heterocycles. The summed E-state index contributed by atoms with van der Waals surface area (Å²) in [5.41, 5.74) is 2.07. The van der Waals surface area contributed by atoms with Crippen LogP contribution < -0.4 is 0 Å².